The third-order valence-corrected chi connectivity index (χ3v) is 5.02. The Morgan fingerprint density at radius 2 is 1.50 bits per heavy atom. The number of rotatable bonds is 6. The third-order valence-electron chi connectivity index (χ3n) is 5.02. The molecule has 0 aliphatic carbocycles. The van der Waals surface area contributed by atoms with Crippen molar-refractivity contribution in [2.75, 3.05) is 6.54 Å². The first-order valence-corrected chi connectivity index (χ1v) is 9.07. The van der Waals surface area contributed by atoms with Crippen molar-refractivity contribution in [3.8, 4) is 0 Å². The molecule has 4 heteroatoms. The van der Waals surface area contributed by atoms with E-state index in [1.54, 1.807) is 6.08 Å². The molecule has 0 N–H and O–H groups in total. The van der Waals surface area contributed by atoms with Crippen LogP contribution in [0.4, 0.5) is 0 Å². The van der Waals surface area contributed by atoms with Crippen LogP contribution in [0.25, 0.3) is 0 Å². The summed E-state index contributed by atoms with van der Waals surface area (Å²) in [6, 6.07) is 20.3. The highest BCUT2D eigenvalue weighted by molar-refractivity contribution is 5.91. The highest BCUT2D eigenvalue weighted by Gasteiger charge is 2.44. The Kier molecular flexibility index (Phi) is 5.14. The summed E-state index contributed by atoms with van der Waals surface area (Å²) in [7, 11) is 0. The SMILES string of the molecule is O=C1C=CN2C[C@H](OCc3ccccc3)[C@@H](OCc3ccccc3)[C@@H]2C1. The van der Waals surface area contributed by atoms with Crippen LogP contribution in [0.15, 0.2) is 72.9 Å². The Labute approximate surface area is 154 Å². The van der Waals surface area contributed by atoms with E-state index < -0.39 is 0 Å². The molecule has 1 fully saturated rings. The van der Waals surface area contributed by atoms with Gasteiger partial charge in [0.25, 0.3) is 0 Å². The van der Waals surface area contributed by atoms with Gasteiger partial charge in [0.2, 0.25) is 0 Å². The van der Waals surface area contributed by atoms with E-state index in [0.717, 1.165) is 17.7 Å². The summed E-state index contributed by atoms with van der Waals surface area (Å²) < 4.78 is 12.5. The number of hydrogen-bond donors (Lipinski definition) is 0. The topological polar surface area (TPSA) is 38.8 Å². The number of hydrogen-bond acceptors (Lipinski definition) is 4. The van der Waals surface area contributed by atoms with Crippen LogP contribution in [-0.4, -0.2) is 35.5 Å². The van der Waals surface area contributed by atoms with Crippen LogP contribution in [0.5, 0.6) is 0 Å². The van der Waals surface area contributed by atoms with Crippen LogP contribution in [0.3, 0.4) is 0 Å². The molecule has 1 saturated heterocycles. The fourth-order valence-electron chi connectivity index (χ4n) is 3.65. The lowest BCUT2D eigenvalue weighted by Crippen LogP contribution is -2.39. The van der Waals surface area contributed by atoms with Crippen LogP contribution < -0.4 is 0 Å². The second-order valence-corrected chi connectivity index (χ2v) is 6.85. The minimum atomic E-state index is -0.118. The van der Waals surface area contributed by atoms with E-state index in [0.29, 0.717) is 19.6 Å². The fourth-order valence-corrected chi connectivity index (χ4v) is 3.65. The molecule has 0 bridgehead atoms. The Balaban J connectivity index is 1.45. The molecule has 0 radical (unpaired) electrons. The Morgan fingerprint density at radius 1 is 0.885 bits per heavy atom. The van der Waals surface area contributed by atoms with Gasteiger partial charge in [-0.1, -0.05) is 60.7 Å². The molecule has 2 aliphatic heterocycles. The average Bonchev–Trinajstić information content (AvgIpc) is 3.03. The molecular formula is C22H23NO3. The summed E-state index contributed by atoms with van der Waals surface area (Å²) in [6.45, 7) is 1.83. The largest absolute Gasteiger partial charge is 0.369 e. The lowest BCUT2D eigenvalue weighted by molar-refractivity contribution is -0.118. The Hall–Kier alpha value is -2.43. The van der Waals surface area contributed by atoms with Crippen molar-refractivity contribution in [2.45, 2.75) is 37.9 Å². The van der Waals surface area contributed by atoms with Crippen LogP contribution in [0, 0.1) is 0 Å². The van der Waals surface area contributed by atoms with Gasteiger partial charge in [0.05, 0.1) is 19.3 Å². The molecule has 0 spiro atoms. The van der Waals surface area contributed by atoms with Gasteiger partial charge in [-0.2, -0.15) is 0 Å². The molecule has 0 amide bonds. The molecular weight excluding hydrogens is 326 g/mol. The molecule has 0 unspecified atom stereocenters. The van der Waals surface area contributed by atoms with Gasteiger partial charge in [0, 0.05) is 19.2 Å². The van der Waals surface area contributed by atoms with Crippen molar-refractivity contribution < 1.29 is 14.3 Å². The lowest BCUT2D eigenvalue weighted by Gasteiger charge is -2.29. The minimum Gasteiger partial charge on any atom is -0.369 e. The summed E-state index contributed by atoms with van der Waals surface area (Å²) in [5.74, 6) is 0.156. The first-order chi connectivity index (χ1) is 12.8. The van der Waals surface area contributed by atoms with Gasteiger partial charge in [0.1, 0.15) is 12.2 Å². The van der Waals surface area contributed by atoms with Gasteiger partial charge >= 0.3 is 0 Å². The number of benzene rings is 2. The van der Waals surface area contributed by atoms with Gasteiger partial charge < -0.3 is 14.4 Å². The molecule has 2 aromatic carbocycles. The maximum Gasteiger partial charge on any atom is 0.159 e. The number of ketones is 1. The molecule has 2 heterocycles. The zero-order chi connectivity index (χ0) is 17.8. The van der Waals surface area contributed by atoms with E-state index in [9.17, 15) is 4.79 Å². The van der Waals surface area contributed by atoms with Crippen molar-refractivity contribution in [1.29, 1.82) is 0 Å². The zero-order valence-electron chi connectivity index (χ0n) is 14.7. The average molecular weight is 349 g/mol. The Morgan fingerprint density at radius 3 is 2.15 bits per heavy atom. The van der Waals surface area contributed by atoms with E-state index in [1.165, 1.54) is 0 Å². The van der Waals surface area contributed by atoms with Gasteiger partial charge in [0.15, 0.2) is 5.78 Å². The zero-order valence-corrected chi connectivity index (χ0v) is 14.7. The molecule has 26 heavy (non-hydrogen) atoms. The van der Waals surface area contributed by atoms with Gasteiger partial charge in [-0.05, 0) is 17.2 Å². The standard InChI is InChI=1S/C22H23NO3/c24-19-11-12-23-14-21(25-15-17-7-3-1-4-8-17)22(20(23)13-19)26-16-18-9-5-2-6-10-18/h1-12,20-22H,13-16H2/t20-,21-,22-/m0/s1. The van der Waals surface area contributed by atoms with Crippen LogP contribution >= 0.6 is 0 Å². The highest BCUT2D eigenvalue weighted by atomic mass is 16.5. The van der Waals surface area contributed by atoms with Crippen molar-refractivity contribution in [3.63, 3.8) is 0 Å². The van der Waals surface area contributed by atoms with Crippen LogP contribution in [0.2, 0.25) is 0 Å². The van der Waals surface area contributed by atoms with Gasteiger partial charge in [-0.15, -0.1) is 0 Å². The second-order valence-electron chi connectivity index (χ2n) is 6.85. The summed E-state index contributed by atoms with van der Waals surface area (Å²) in [5.41, 5.74) is 2.27. The van der Waals surface area contributed by atoms with Crippen LogP contribution in [0.1, 0.15) is 17.5 Å². The second kappa shape index (κ2) is 7.85. The summed E-state index contributed by atoms with van der Waals surface area (Å²) in [5, 5.41) is 0. The maximum absolute atomic E-state index is 11.9. The molecule has 134 valence electrons. The van der Waals surface area contributed by atoms with E-state index in [1.807, 2.05) is 42.6 Å². The van der Waals surface area contributed by atoms with Crippen LogP contribution in [-0.2, 0) is 27.5 Å². The molecule has 4 rings (SSSR count). The number of ether oxygens (including phenoxy) is 2. The van der Waals surface area contributed by atoms with Crippen molar-refractivity contribution >= 4 is 5.78 Å². The van der Waals surface area contributed by atoms with E-state index >= 15 is 0 Å². The Bertz CT molecular complexity index is 759. The first-order valence-electron chi connectivity index (χ1n) is 9.07. The number of nitrogens with zero attached hydrogens (tertiary/aromatic N) is 1. The van der Waals surface area contributed by atoms with Crippen molar-refractivity contribution in [3.05, 3.63) is 84.1 Å². The van der Waals surface area contributed by atoms with Gasteiger partial charge in [-0.25, -0.2) is 0 Å². The first kappa shape index (κ1) is 17.0. The molecule has 3 atom stereocenters. The summed E-state index contributed by atoms with van der Waals surface area (Å²) in [4.78, 5) is 14.1. The fraction of sp³-hybridized carbons (Fsp3) is 0.318. The lowest BCUT2D eigenvalue weighted by atomic mass is 10.0. The monoisotopic (exact) mass is 349 g/mol. The quantitative estimate of drug-likeness (QED) is 0.802. The van der Waals surface area contributed by atoms with Crippen molar-refractivity contribution in [2.24, 2.45) is 0 Å². The normalized spacial score (nSPS) is 24.7. The smallest absolute Gasteiger partial charge is 0.159 e. The minimum absolute atomic E-state index is 0.0528. The number of carbonyl (C=O) groups is 1. The number of fused-ring (bicyclic) bond motifs is 1. The number of carbonyl (C=O) groups excluding carboxylic acids is 1. The molecule has 0 aromatic heterocycles. The molecule has 4 nitrogen and oxygen atoms in total. The maximum atomic E-state index is 11.9. The van der Waals surface area contributed by atoms with E-state index in [2.05, 4.69) is 29.2 Å². The molecule has 2 aromatic rings. The predicted molar refractivity (Wildman–Crippen MR) is 99.3 cm³/mol. The molecule has 0 saturated carbocycles. The van der Waals surface area contributed by atoms with E-state index in [-0.39, 0.29) is 24.0 Å². The highest BCUT2D eigenvalue weighted by Crippen LogP contribution is 2.30. The summed E-state index contributed by atoms with van der Waals surface area (Å²) in [6.07, 6.45) is 3.86. The summed E-state index contributed by atoms with van der Waals surface area (Å²) >= 11 is 0. The van der Waals surface area contributed by atoms with Crippen molar-refractivity contribution in [1.82, 2.24) is 4.90 Å². The van der Waals surface area contributed by atoms with Gasteiger partial charge in [-0.3, -0.25) is 4.79 Å². The molecule has 2 aliphatic rings. The third kappa shape index (κ3) is 3.87. The van der Waals surface area contributed by atoms with E-state index in [4.69, 9.17) is 9.47 Å². The number of allylic oxidation sites excluding steroid dienone is 1. The predicted octanol–water partition coefficient (Wildman–Crippen LogP) is 3.33.